The predicted octanol–water partition coefficient (Wildman–Crippen LogP) is 4.59. The molecule has 14 atom stereocenters. The highest BCUT2D eigenvalue weighted by Crippen LogP contribution is 2.41. The molecule has 0 aromatic heterocycles. The Bertz CT molecular complexity index is 1810. The average Bonchev–Trinajstić information content (AvgIpc) is 3.30. The molecule has 14 unspecified atom stereocenters. The van der Waals surface area contributed by atoms with Crippen molar-refractivity contribution in [2.24, 2.45) is 11.8 Å². The van der Waals surface area contributed by atoms with Crippen LogP contribution in [0.2, 0.25) is 0 Å². The number of aliphatic hydroxyl groups is 3. The van der Waals surface area contributed by atoms with Crippen LogP contribution in [-0.2, 0) is 67.2 Å². The Morgan fingerprint density at radius 3 is 1.85 bits per heavy atom. The van der Waals surface area contributed by atoms with Crippen molar-refractivity contribution in [2.75, 3.05) is 20.3 Å². The zero-order chi connectivity index (χ0) is 44.0. The summed E-state index contributed by atoms with van der Waals surface area (Å²) in [5.41, 5.74) is 2.84. The van der Waals surface area contributed by atoms with Crippen LogP contribution in [0, 0.1) is 11.8 Å². The normalized spacial score (nSPS) is 32.4. The molecule has 0 spiro atoms. The third-order valence-electron chi connectivity index (χ3n) is 11.7. The molecule has 0 bridgehead atoms. The van der Waals surface area contributed by atoms with E-state index in [0.717, 1.165) is 16.7 Å². The Labute approximate surface area is 363 Å². The minimum Gasteiger partial charge on any atom is -0.469 e. The lowest BCUT2D eigenvalue weighted by molar-refractivity contribution is -0.350. The number of hydrogen-bond acceptors (Lipinski definition) is 14. The molecule has 6 rings (SSSR count). The van der Waals surface area contributed by atoms with Gasteiger partial charge in [-0.05, 0) is 42.4 Å². The van der Waals surface area contributed by atoms with Gasteiger partial charge >= 0.3 is 12.1 Å². The Balaban J connectivity index is 1.34. The van der Waals surface area contributed by atoms with Crippen LogP contribution in [0.15, 0.2) is 104 Å². The molecule has 4 N–H and O–H groups in total. The second-order valence-corrected chi connectivity index (χ2v) is 15.9. The Hall–Kier alpha value is -4.26. The van der Waals surface area contributed by atoms with Crippen LogP contribution < -0.4 is 5.32 Å². The lowest BCUT2D eigenvalue weighted by Crippen LogP contribution is -2.66. The van der Waals surface area contributed by atoms with E-state index >= 15 is 0 Å². The molecule has 3 aromatic rings. The fraction of sp³-hybridized carbons (Fsp3) is 0.532. The van der Waals surface area contributed by atoms with Crippen molar-refractivity contribution in [1.29, 1.82) is 0 Å². The highest BCUT2D eigenvalue weighted by molar-refractivity contribution is 5.72. The van der Waals surface area contributed by atoms with E-state index < -0.39 is 98.1 Å². The van der Waals surface area contributed by atoms with Gasteiger partial charge in [-0.3, -0.25) is 4.79 Å². The van der Waals surface area contributed by atoms with E-state index in [0.29, 0.717) is 19.4 Å². The molecule has 1 aliphatic carbocycles. The molecule has 15 heteroatoms. The van der Waals surface area contributed by atoms with Crippen molar-refractivity contribution in [2.45, 2.75) is 126 Å². The van der Waals surface area contributed by atoms with Crippen LogP contribution in [0.5, 0.6) is 0 Å². The van der Waals surface area contributed by atoms with Crippen LogP contribution in [0.4, 0.5) is 4.79 Å². The predicted molar refractivity (Wildman–Crippen MR) is 224 cm³/mol. The molecule has 1 amide bonds. The summed E-state index contributed by atoms with van der Waals surface area (Å²) in [5, 5.41) is 34.7. The Kier molecular flexibility index (Phi) is 17.8. The van der Waals surface area contributed by atoms with Crippen LogP contribution in [-0.4, -0.2) is 121 Å². The Morgan fingerprint density at radius 1 is 0.758 bits per heavy atom. The van der Waals surface area contributed by atoms with E-state index in [2.05, 4.69) is 11.9 Å². The number of ether oxygens (including phenoxy) is 9. The zero-order valence-electron chi connectivity index (χ0n) is 35.5. The van der Waals surface area contributed by atoms with E-state index in [1.165, 1.54) is 13.2 Å². The number of hydrogen-bond donors (Lipinski definition) is 4. The number of alkyl carbamates (subject to hydrolysis) is 1. The van der Waals surface area contributed by atoms with Crippen LogP contribution in [0.3, 0.4) is 0 Å². The van der Waals surface area contributed by atoms with Gasteiger partial charge in [0.05, 0.1) is 57.8 Å². The maximum absolute atomic E-state index is 13.2. The van der Waals surface area contributed by atoms with Gasteiger partial charge in [-0.1, -0.05) is 117 Å². The summed E-state index contributed by atoms with van der Waals surface area (Å²) in [4.78, 5) is 26.0. The molecule has 3 aromatic carbocycles. The maximum atomic E-state index is 13.2. The highest BCUT2D eigenvalue weighted by atomic mass is 16.7. The van der Waals surface area contributed by atoms with Gasteiger partial charge in [-0.2, -0.15) is 0 Å². The van der Waals surface area contributed by atoms with Gasteiger partial charge < -0.3 is 63.3 Å². The number of benzene rings is 3. The van der Waals surface area contributed by atoms with Crippen molar-refractivity contribution in [1.82, 2.24) is 5.32 Å². The number of methoxy groups -OCH3 is 1. The van der Waals surface area contributed by atoms with Crippen molar-refractivity contribution in [3.8, 4) is 0 Å². The van der Waals surface area contributed by atoms with Crippen molar-refractivity contribution >= 4 is 12.1 Å². The van der Waals surface area contributed by atoms with Crippen LogP contribution in [0.25, 0.3) is 0 Å². The van der Waals surface area contributed by atoms with Crippen LogP contribution in [0.1, 0.15) is 49.8 Å². The molecule has 2 saturated heterocycles. The topological polar surface area (TPSA) is 190 Å². The summed E-state index contributed by atoms with van der Waals surface area (Å²) >= 11 is 0. The molecule has 3 aliphatic rings. The fourth-order valence-corrected chi connectivity index (χ4v) is 8.37. The third-order valence-corrected chi connectivity index (χ3v) is 11.7. The van der Waals surface area contributed by atoms with Gasteiger partial charge in [-0.25, -0.2) is 4.79 Å². The number of amides is 1. The van der Waals surface area contributed by atoms with Crippen molar-refractivity contribution in [3.63, 3.8) is 0 Å². The number of carbonyl (C=O) groups excluding carboxylic acids is 2. The molecular formula is C47H61NO14. The second-order valence-electron chi connectivity index (χ2n) is 15.9. The van der Waals surface area contributed by atoms with Gasteiger partial charge in [0.1, 0.15) is 49.3 Å². The minimum absolute atomic E-state index is 0.0956. The SMILES string of the molecule is C=CCOC(=O)NC1C(OC2CC(C(=O)OC)CC(CC)C2OC2OC(C)C(OCc3ccccc3)C(OCc3ccccc3)C2OCc2ccccc2)OC(CO)C(O)C1O. The van der Waals surface area contributed by atoms with Gasteiger partial charge in [0, 0.05) is 0 Å². The first kappa shape index (κ1) is 47.2. The summed E-state index contributed by atoms with van der Waals surface area (Å²) in [6.07, 6.45) is -9.97. The standard InChI is InChI=1S/C47H61NO14/c1-5-22-55-47(53)48-37-39(51)38(50)36(25-49)61-45(37)60-35-24-34(44(52)54-4)23-33(6-2)41(35)62-46-43(58-28-32-20-14-9-15-21-32)42(57-27-31-18-12-8-13-19-31)40(29(3)59-46)56-26-30-16-10-7-11-17-30/h5,7-21,29,33-43,45-46,49-51H,1,6,22-28H2,2-4H3,(H,48,53). The first-order valence-electron chi connectivity index (χ1n) is 21.3. The number of nitrogens with one attached hydrogen (secondary N) is 1. The van der Waals surface area contributed by atoms with E-state index in [1.807, 2.05) is 105 Å². The molecule has 338 valence electrons. The first-order chi connectivity index (χ1) is 30.1. The van der Waals surface area contributed by atoms with Gasteiger partial charge in [-0.15, -0.1) is 0 Å². The zero-order valence-corrected chi connectivity index (χ0v) is 35.5. The van der Waals surface area contributed by atoms with E-state index in [1.54, 1.807) is 0 Å². The summed E-state index contributed by atoms with van der Waals surface area (Å²) in [7, 11) is 1.32. The second kappa shape index (κ2) is 23.4. The highest BCUT2D eigenvalue weighted by Gasteiger charge is 2.53. The smallest absolute Gasteiger partial charge is 0.407 e. The largest absolute Gasteiger partial charge is 0.469 e. The molecule has 2 aliphatic heterocycles. The molecular weight excluding hydrogens is 803 g/mol. The third kappa shape index (κ3) is 12.3. The first-order valence-corrected chi connectivity index (χ1v) is 21.3. The lowest BCUT2D eigenvalue weighted by Gasteiger charge is -2.49. The fourth-order valence-electron chi connectivity index (χ4n) is 8.37. The van der Waals surface area contributed by atoms with Gasteiger partial charge in [0.15, 0.2) is 12.6 Å². The summed E-state index contributed by atoms with van der Waals surface area (Å²) in [6, 6.07) is 28.0. The number of aliphatic hydroxyl groups excluding tert-OH is 3. The Morgan fingerprint density at radius 2 is 1.32 bits per heavy atom. The van der Waals surface area contributed by atoms with Gasteiger partial charge in [0.25, 0.3) is 0 Å². The molecule has 2 heterocycles. The number of carbonyl (C=O) groups is 2. The molecule has 1 saturated carbocycles. The molecule has 15 nitrogen and oxygen atoms in total. The summed E-state index contributed by atoms with van der Waals surface area (Å²) in [5.74, 6) is -1.36. The average molecular weight is 864 g/mol. The van der Waals surface area contributed by atoms with E-state index in [-0.39, 0.29) is 32.2 Å². The van der Waals surface area contributed by atoms with Gasteiger partial charge in [0.2, 0.25) is 0 Å². The van der Waals surface area contributed by atoms with E-state index in [9.17, 15) is 24.9 Å². The van der Waals surface area contributed by atoms with Crippen molar-refractivity contribution < 1.29 is 67.5 Å². The molecule has 3 fully saturated rings. The lowest BCUT2D eigenvalue weighted by atomic mass is 9.76. The number of esters is 1. The maximum Gasteiger partial charge on any atom is 0.407 e. The van der Waals surface area contributed by atoms with Crippen molar-refractivity contribution in [3.05, 3.63) is 120 Å². The molecule has 0 radical (unpaired) electrons. The van der Waals surface area contributed by atoms with E-state index in [4.69, 9.17) is 42.6 Å². The molecule has 62 heavy (non-hydrogen) atoms. The van der Waals surface area contributed by atoms with Crippen LogP contribution >= 0.6 is 0 Å². The minimum atomic E-state index is -1.64. The quantitative estimate of drug-likeness (QED) is 0.0968. The number of rotatable bonds is 19. The monoisotopic (exact) mass is 863 g/mol. The summed E-state index contributed by atoms with van der Waals surface area (Å²) in [6.45, 7) is 7.38. The summed E-state index contributed by atoms with van der Waals surface area (Å²) < 4.78 is 57.1.